The van der Waals surface area contributed by atoms with Gasteiger partial charge in [0, 0.05) is 36.8 Å². The lowest BCUT2D eigenvalue weighted by molar-refractivity contribution is -0.125. The molecule has 2 heterocycles. The quantitative estimate of drug-likeness (QED) is 0.223. The largest absolute Gasteiger partial charge is 0.457 e. The Balaban J connectivity index is 1.42. The van der Waals surface area contributed by atoms with Gasteiger partial charge in [0.1, 0.15) is 17.0 Å². The molecule has 1 aliphatic heterocycles. The molecule has 1 saturated heterocycles. The van der Waals surface area contributed by atoms with Gasteiger partial charge in [-0.25, -0.2) is 0 Å². The van der Waals surface area contributed by atoms with Crippen LogP contribution in [0.4, 0.5) is 5.69 Å². The standard InChI is InChI=1S/C33H33N5O4S/c1-4-25(39)38-15-14-19(17-38)37(3)32(41)30-27-26-23(12-13-24(34)29(26)43-30)33(36,31(40)28(27)35)22-11-10-21(16-18(22)2)42-20-8-6-5-7-9-20/h4-13,16,19,28H,1,14-15,17,34-36H2,2-3H3. The van der Waals surface area contributed by atoms with Gasteiger partial charge in [0.05, 0.1) is 21.7 Å². The molecule has 1 aromatic heterocycles. The van der Waals surface area contributed by atoms with Gasteiger partial charge in [-0.05, 0) is 66.4 Å². The highest BCUT2D eigenvalue weighted by Crippen LogP contribution is 2.50. The number of likely N-dealkylation sites (N-methyl/N-ethyl adjacent to an activating group) is 1. The molecule has 43 heavy (non-hydrogen) atoms. The number of carbonyl (C=O) groups excluding carboxylic acids is 3. The number of hydrogen-bond acceptors (Lipinski definition) is 8. The lowest BCUT2D eigenvalue weighted by Crippen LogP contribution is -2.53. The fourth-order valence-corrected chi connectivity index (χ4v) is 7.58. The number of hydrogen-bond donors (Lipinski definition) is 3. The molecule has 4 aromatic rings. The number of ether oxygens (including phenoxy) is 1. The summed E-state index contributed by atoms with van der Waals surface area (Å²) in [5.74, 6) is 0.448. The summed E-state index contributed by atoms with van der Waals surface area (Å²) in [5, 5.41) is 0.648. The Kier molecular flexibility index (Phi) is 7.08. The Labute approximate surface area is 253 Å². The van der Waals surface area contributed by atoms with E-state index < -0.39 is 17.4 Å². The van der Waals surface area contributed by atoms with Crippen molar-refractivity contribution in [3.63, 3.8) is 0 Å². The Hall–Kier alpha value is -4.51. The first kappa shape index (κ1) is 28.6. The number of para-hydroxylation sites is 1. The molecule has 9 nitrogen and oxygen atoms in total. The van der Waals surface area contributed by atoms with Gasteiger partial charge in [0.25, 0.3) is 5.91 Å². The van der Waals surface area contributed by atoms with Crippen molar-refractivity contribution in [2.24, 2.45) is 11.5 Å². The number of thiophene rings is 1. The molecule has 0 saturated carbocycles. The lowest BCUT2D eigenvalue weighted by Gasteiger charge is -2.37. The fourth-order valence-electron chi connectivity index (χ4n) is 6.30. The molecule has 2 amide bonds. The molecule has 0 radical (unpaired) electrons. The minimum absolute atomic E-state index is 0.167. The highest BCUT2D eigenvalue weighted by Gasteiger charge is 2.49. The van der Waals surface area contributed by atoms with Crippen LogP contribution in [-0.2, 0) is 15.1 Å². The van der Waals surface area contributed by atoms with Gasteiger partial charge >= 0.3 is 0 Å². The number of nitrogens with two attached hydrogens (primary N) is 3. The molecule has 220 valence electrons. The molecule has 1 aliphatic carbocycles. The van der Waals surface area contributed by atoms with Crippen molar-refractivity contribution in [2.75, 3.05) is 25.9 Å². The average molecular weight is 596 g/mol. The number of ketones is 1. The summed E-state index contributed by atoms with van der Waals surface area (Å²) in [6.45, 7) is 6.38. The number of amides is 2. The predicted octanol–water partition coefficient (Wildman–Crippen LogP) is 4.23. The zero-order chi connectivity index (χ0) is 30.6. The van der Waals surface area contributed by atoms with Gasteiger partial charge in [0.15, 0.2) is 5.78 Å². The topological polar surface area (TPSA) is 145 Å². The van der Waals surface area contributed by atoms with E-state index >= 15 is 0 Å². The monoisotopic (exact) mass is 595 g/mol. The maximum Gasteiger partial charge on any atom is 0.264 e. The van der Waals surface area contributed by atoms with Crippen LogP contribution in [0.3, 0.4) is 0 Å². The molecule has 0 bridgehead atoms. The first-order valence-electron chi connectivity index (χ1n) is 14.0. The van der Waals surface area contributed by atoms with E-state index in [9.17, 15) is 14.4 Å². The van der Waals surface area contributed by atoms with E-state index in [1.54, 1.807) is 41.1 Å². The molecule has 0 spiro atoms. The molecule has 6 N–H and O–H groups in total. The summed E-state index contributed by atoms with van der Waals surface area (Å²) in [7, 11) is 1.71. The maximum atomic E-state index is 14.2. The van der Waals surface area contributed by atoms with E-state index in [4.69, 9.17) is 21.9 Å². The first-order valence-corrected chi connectivity index (χ1v) is 14.8. The Morgan fingerprint density at radius 2 is 1.84 bits per heavy atom. The van der Waals surface area contributed by atoms with Crippen molar-refractivity contribution in [3.05, 3.63) is 100 Å². The highest BCUT2D eigenvalue weighted by atomic mass is 32.1. The van der Waals surface area contributed by atoms with E-state index in [0.29, 0.717) is 68.4 Å². The summed E-state index contributed by atoms with van der Waals surface area (Å²) >= 11 is 1.22. The smallest absolute Gasteiger partial charge is 0.264 e. The third-order valence-corrected chi connectivity index (χ3v) is 9.87. The van der Waals surface area contributed by atoms with E-state index in [-0.39, 0.29) is 17.9 Å². The normalized spacial score (nSPS) is 21.2. The first-order chi connectivity index (χ1) is 20.6. The van der Waals surface area contributed by atoms with Crippen LogP contribution in [0.25, 0.3) is 10.1 Å². The highest BCUT2D eigenvalue weighted by molar-refractivity contribution is 7.21. The minimum Gasteiger partial charge on any atom is -0.457 e. The van der Waals surface area contributed by atoms with Crippen LogP contribution in [0.5, 0.6) is 11.5 Å². The molecular weight excluding hydrogens is 562 g/mol. The number of Topliss-reactive ketones (excluding diaryl/α,β-unsaturated/α-hetero) is 1. The molecule has 3 unspecified atom stereocenters. The van der Waals surface area contributed by atoms with Gasteiger partial charge in [-0.2, -0.15) is 0 Å². The van der Waals surface area contributed by atoms with Crippen molar-refractivity contribution in [1.29, 1.82) is 0 Å². The predicted molar refractivity (Wildman–Crippen MR) is 168 cm³/mol. The number of carbonyl (C=O) groups is 3. The van der Waals surface area contributed by atoms with Crippen LogP contribution in [0.2, 0.25) is 0 Å². The summed E-state index contributed by atoms with van der Waals surface area (Å²) in [4.78, 5) is 44.0. The van der Waals surface area contributed by atoms with Crippen molar-refractivity contribution >= 4 is 44.7 Å². The van der Waals surface area contributed by atoms with Crippen LogP contribution < -0.4 is 21.9 Å². The number of anilines is 1. The van der Waals surface area contributed by atoms with Gasteiger partial charge in [-0.1, -0.05) is 36.9 Å². The molecule has 6 rings (SSSR count). The summed E-state index contributed by atoms with van der Waals surface area (Å²) in [6, 6.07) is 17.0. The van der Waals surface area contributed by atoms with Crippen molar-refractivity contribution in [3.8, 4) is 11.5 Å². The number of nitrogens with zero attached hydrogens (tertiary/aromatic N) is 2. The van der Waals surface area contributed by atoms with E-state index in [1.807, 2.05) is 43.3 Å². The number of nitrogen functional groups attached to an aromatic ring is 1. The second kappa shape index (κ2) is 10.6. The molecule has 2 aliphatic rings. The van der Waals surface area contributed by atoms with Crippen molar-refractivity contribution in [1.82, 2.24) is 9.80 Å². The van der Waals surface area contributed by atoms with E-state index in [1.165, 1.54) is 17.4 Å². The number of aryl methyl sites for hydroxylation is 1. The maximum absolute atomic E-state index is 14.2. The number of likely N-dealkylation sites (tertiary alicyclic amines) is 1. The average Bonchev–Trinajstić information content (AvgIpc) is 3.66. The van der Waals surface area contributed by atoms with Gasteiger partial charge in [0.2, 0.25) is 5.91 Å². The molecule has 10 heteroatoms. The summed E-state index contributed by atoms with van der Waals surface area (Å²) < 4.78 is 6.66. The van der Waals surface area contributed by atoms with Gasteiger partial charge in [-0.3, -0.25) is 14.4 Å². The molecule has 1 fully saturated rings. The fraction of sp³-hybridized carbons (Fsp3) is 0.242. The van der Waals surface area contributed by atoms with Crippen LogP contribution in [0, 0.1) is 6.92 Å². The van der Waals surface area contributed by atoms with Crippen molar-refractivity contribution in [2.45, 2.75) is 31.0 Å². The second-order valence-corrected chi connectivity index (χ2v) is 12.2. The third kappa shape index (κ3) is 4.50. The molecular formula is C33H33N5O4S. The Morgan fingerprint density at radius 3 is 2.53 bits per heavy atom. The minimum atomic E-state index is -1.57. The van der Waals surface area contributed by atoms with Gasteiger partial charge in [-0.15, -0.1) is 11.3 Å². The zero-order valence-corrected chi connectivity index (χ0v) is 24.8. The Bertz CT molecular complexity index is 1800. The Morgan fingerprint density at radius 1 is 1.12 bits per heavy atom. The number of benzene rings is 3. The molecule has 3 atom stereocenters. The van der Waals surface area contributed by atoms with Crippen LogP contribution >= 0.6 is 11.3 Å². The third-order valence-electron chi connectivity index (χ3n) is 8.63. The summed E-state index contributed by atoms with van der Waals surface area (Å²) in [6.07, 6.45) is 1.91. The van der Waals surface area contributed by atoms with E-state index in [0.717, 1.165) is 5.56 Å². The number of rotatable bonds is 6. The SMILES string of the molecule is C=CC(=O)N1CCC(N(C)C(=O)c2sc3c(N)ccc4c3c2C(N)C(=O)C4(N)c2ccc(Oc3ccccc3)cc2C)C1. The van der Waals surface area contributed by atoms with Crippen LogP contribution in [-0.4, -0.2) is 53.6 Å². The van der Waals surface area contributed by atoms with E-state index in [2.05, 4.69) is 6.58 Å². The molecule has 3 aromatic carbocycles. The lowest BCUT2D eigenvalue weighted by atomic mass is 9.69. The van der Waals surface area contributed by atoms with Crippen LogP contribution in [0.15, 0.2) is 73.3 Å². The second-order valence-electron chi connectivity index (χ2n) is 11.1. The summed E-state index contributed by atoms with van der Waals surface area (Å²) in [5.41, 5.74) is 21.5. The van der Waals surface area contributed by atoms with Crippen LogP contribution in [0.1, 0.15) is 44.4 Å². The van der Waals surface area contributed by atoms with Gasteiger partial charge < -0.3 is 31.7 Å². The van der Waals surface area contributed by atoms with Crippen molar-refractivity contribution < 1.29 is 19.1 Å². The zero-order valence-electron chi connectivity index (χ0n) is 24.0.